The Morgan fingerprint density at radius 3 is 2.36 bits per heavy atom. The number of halogens is 2. The second-order valence-electron chi connectivity index (χ2n) is 3.87. The summed E-state index contributed by atoms with van der Waals surface area (Å²) in [5, 5.41) is 3.55. The zero-order chi connectivity index (χ0) is 10.1. The van der Waals surface area contributed by atoms with Gasteiger partial charge in [-0.3, -0.25) is 0 Å². The fourth-order valence-electron chi connectivity index (χ4n) is 1.58. The van der Waals surface area contributed by atoms with Crippen molar-refractivity contribution in [3.05, 3.63) is 27.1 Å². The van der Waals surface area contributed by atoms with Crippen LogP contribution in [0.5, 0.6) is 0 Å². The number of hydrogen-bond donors (Lipinski definition) is 1. The molecule has 1 N–H and O–H groups in total. The third-order valence-corrected chi connectivity index (χ3v) is 3.99. The Kier molecular flexibility index (Phi) is 3.17. The highest BCUT2D eigenvalue weighted by atomic mass is 79.9. The minimum atomic E-state index is 0.574. The summed E-state index contributed by atoms with van der Waals surface area (Å²) in [5.41, 5.74) is 1.17. The maximum Gasteiger partial charge on any atom is 0.0631 e. The number of para-hydroxylation sites is 1. The van der Waals surface area contributed by atoms with Crippen molar-refractivity contribution in [2.75, 3.05) is 5.32 Å². The molecule has 1 saturated carbocycles. The molecular formula is C11H13Br2N. The van der Waals surface area contributed by atoms with Gasteiger partial charge in [0.15, 0.2) is 0 Å². The van der Waals surface area contributed by atoms with Crippen molar-refractivity contribution in [1.29, 1.82) is 0 Å². The molecule has 14 heavy (non-hydrogen) atoms. The van der Waals surface area contributed by atoms with Gasteiger partial charge >= 0.3 is 0 Å². The molecular weight excluding hydrogens is 306 g/mol. The Morgan fingerprint density at radius 1 is 1.29 bits per heavy atom. The van der Waals surface area contributed by atoms with Crippen molar-refractivity contribution in [1.82, 2.24) is 0 Å². The van der Waals surface area contributed by atoms with Crippen LogP contribution in [-0.4, -0.2) is 6.04 Å². The molecule has 0 spiro atoms. The quantitative estimate of drug-likeness (QED) is 0.869. The van der Waals surface area contributed by atoms with Crippen LogP contribution in [0.25, 0.3) is 0 Å². The SMILES string of the molecule is CC(Nc1c(Br)cccc1Br)C1CC1. The molecule has 0 heterocycles. The molecule has 1 nitrogen and oxygen atoms in total. The molecule has 0 amide bonds. The predicted octanol–water partition coefficient (Wildman–Crippen LogP) is 4.42. The van der Waals surface area contributed by atoms with Gasteiger partial charge in [0, 0.05) is 15.0 Å². The summed E-state index contributed by atoms with van der Waals surface area (Å²) in [4.78, 5) is 0. The van der Waals surface area contributed by atoms with Gasteiger partial charge in [-0.2, -0.15) is 0 Å². The van der Waals surface area contributed by atoms with Gasteiger partial charge in [-0.05, 0) is 69.7 Å². The molecule has 1 unspecified atom stereocenters. The van der Waals surface area contributed by atoms with Crippen LogP contribution in [0.3, 0.4) is 0 Å². The van der Waals surface area contributed by atoms with Crippen molar-refractivity contribution >= 4 is 37.5 Å². The lowest BCUT2D eigenvalue weighted by Crippen LogP contribution is -2.17. The molecule has 0 aromatic heterocycles. The summed E-state index contributed by atoms with van der Waals surface area (Å²) < 4.78 is 2.25. The average molecular weight is 319 g/mol. The lowest BCUT2D eigenvalue weighted by atomic mass is 10.2. The van der Waals surface area contributed by atoms with Gasteiger partial charge in [-0.1, -0.05) is 6.07 Å². The second kappa shape index (κ2) is 4.23. The number of rotatable bonds is 3. The third kappa shape index (κ3) is 2.31. The van der Waals surface area contributed by atoms with E-state index in [1.165, 1.54) is 18.5 Å². The smallest absolute Gasteiger partial charge is 0.0631 e. The highest BCUT2D eigenvalue weighted by Crippen LogP contribution is 2.37. The Hall–Kier alpha value is -0.0200. The summed E-state index contributed by atoms with van der Waals surface area (Å²) in [6, 6.07) is 6.73. The second-order valence-corrected chi connectivity index (χ2v) is 5.58. The Bertz CT molecular complexity index is 314. The minimum Gasteiger partial charge on any atom is -0.380 e. The van der Waals surface area contributed by atoms with Gasteiger partial charge < -0.3 is 5.32 Å². The van der Waals surface area contributed by atoms with Crippen molar-refractivity contribution < 1.29 is 0 Å². The van der Waals surface area contributed by atoms with Crippen LogP contribution in [-0.2, 0) is 0 Å². The summed E-state index contributed by atoms with van der Waals surface area (Å²) in [6.45, 7) is 2.25. The third-order valence-electron chi connectivity index (χ3n) is 2.66. The molecule has 76 valence electrons. The maximum absolute atomic E-state index is 3.55. The molecule has 1 aromatic rings. The first kappa shape index (κ1) is 10.5. The van der Waals surface area contributed by atoms with Gasteiger partial charge in [0.2, 0.25) is 0 Å². The summed E-state index contributed by atoms with van der Waals surface area (Å²) in [5.74, 6) is 0.869. The van der Waals surface area contributed by atoms with E-state index < -0.39 is 0 Å². The number of anilines is 1. The predicted molar refractivity (Wildman–Crippen MR) is 67.7 cm³/mol. The summed E-state index contributed by atoms with van der Waals surface area (Å²) in [7, 11) is 0. The first-order valence-corrected chi connectivity index (χ1v) is 6.47. The largest absolute Gasteiger partial charge is 0.380 e. The van der Waals surface area contributed by atoms with Crippen molar-refractivity contribution in [3.63, 3.8) is 0 Å². The summed E-state index contributed by atoms with van der Waals surface area (Å²) in [6.07, 6.45) is 2.74. The van der Waals surface area contributed by atoms with E-state index >= 15 is 0 Å². The number of hydrogen-bond acceptors (Lipinski definition) is 1. The first-order chi connectivity index (χ1) is 6.68. The van der Waals surface area contributed by atoms with Crippen LogP contribution in [0.2, 0.25) is 0 Å². The molecule has 3 heteroatoms. The maximum atomic E-state index is 3.55. The first-order valence-electron chi connectivity index (χ1n) is 4.89. The normalized spacial score (nSPS) is 17.9. The lowest BCUT2D eigenvalue weighted by Gasteiger charge is -2.16. The zero-order valence-electron chi connectivity index (χ0n) is 8.06. The van der Waals surface area contributed by atoms with Crippen LogP contribution >= 0.6 is 31.9 Å². The average Bonchev–Trinajstić information content (AvgIpc) is 2.94. The Labute approximate surface area is 102 Å². The molecule has 0 aliphatic heterocycles. The van der Waals surface area contributed by atoms with Crippen LogP contribution < -0.4 is 5.32 Å². The van der Waals surface area contributed by atoms with E-state index in [9.17, 15) is 0 Å². The van der Waals surface area contributed by atoms with Gasteiger partial charge in [-0.25, -0.2) is 0 Å². The number of nitrogens with one attached hydrogen (secondary N) is 1. The van der Waals surface area contributed by atoms with E-state index in [2.05, 4.69) is 56.2 Å². The van der Waals surface area contributed by atoms with Crippen molar-refractivity contribution in [2.45, 2.75) is 25.8 Å². The van der Waals surface area contributed by atoms with E-state index in [0.29, 0.717) is 6.04 Å². The fourth-order valence-corrected chi connectivity index (χ4v) is 2.80. The van der Waals surface area contributed by atoms with Crippen LogP contribution in [0, 0.1) is 5.92 Å². The molecule has 1 aliphatic rings. The molecule has 2 rings (SSSR count). The van der Waals surface area contributed by atoms with E-state index in [1.807, 2.05) is 6.07 Å². The van der Waals surface area contributed by atoms with Crippen molar-refractivity contribution in [3.8, 4) is 0 Å². The Morgan fingerprint density at radius 2 is 1.86 bits per heavy atom. The molecule has 1 aliphatic carbocycles. The van der Waals surface area contributed by atoms with Gasteiger partial charge in [0.05, 0.1) is 5.69 Å². The molecule has 1 atom stereocenters. The van der Waals surface area contributed by atoms with E-state index in [4.69, 9.17) is 0 Å². The lowest BCUT2D eigenvalue weighted by molar-refractivity contribution is 0.693. The topological polar surface area (TPSA) is 12.0 Å². The van der Waals surface area contributed by atoms with Crippen molar-refractivity contribution in [2.24, 2.45) is 5.92 Å². The summed E-state index contributed by atoms with van der Waals surface area (Å²) >= 11 is 7.11. The van der Waals surface area contributed by atoms with Gasteiger partial charge in [0.1, 0.15) is 0 Å². The van der Waals surface area contributed by atoms with E-state index in [0.717, 1.165) is 14.9 Å². The monoisotopic (exact) mass is 317 g/mol. The number of benzene rings is 1. The molecule has 0 radical (unpaired) electrons. The van der Waals surface area contributed by atoms with E-state index in [-0.39, 0.29) is 0 Å². The molecule has 0 saturated heterocycles. The molecule has 1 aromatic carbocycles. The van der Waals surface area contributed by atoms with Gasteiger partial charge in [-0.15, -0.1) is 0 Å². The zero-order valence-corrected chi connectivity index (χ0v) is 11.2. The Balaban J connectivity index is 2.14. The van der Waals surface area contributed by atoms with Crippen LogP contribution in [0.1, 0.15) is 19.8 Å². The minimum absolute atomic E-state index is 0.574. The van der Waals surface area contributed by atoms with Crippen LogP contribution in [0.15, 0.2) is 27.1 Å². The highest BCUT2D eigenvalue weighted by molar-refractivity contribution is 9.11. The highest BCUT2D eigenvalue weighted by Gasteiger charge is 2.28. The molecule has 0 bridgehead atoms. The van der Waals surface area contributed by atoms with Crippen LogP contribution in [0.4, 0.5) is 5.69 Å². The van der Waals surface area contributed by atoms with E-state index in [1.54, 1.807) is 0 Å². The van der Waals surface area contributed by atoms with Gasteiger partial charge in [0.25, 0.3) is 0 Å². The standard InChI is InChI=1S/C11H13Br2N/c1-7(8-5-6-8)14-11-9(12)3-2-4-10(11)13/h2-4,7-8,14H,5-6H2,1H3. The fraction of sp³-hybridized carbons (Fsp3) is 0.455. The molecule has 1 fully saturated rings.